The Morgan fingerprint density at radius 3 is 3.10 bits per heavy atom. The molecule has 0 radical (unpaired) electrons. The lowest BCUT2D eigenvalue weighted by molar-refractivity contribution is 0.0690. The maximum absolute atomic E-state index is 11.0. The molecule has 1 aliphatic heterocycles. The summed E-state index contributed by atoms with van der Waals surface area (Å²) in [6, 6.07) is 5.19. The molecule has 1 atom stereocenters. The number of hydrogen-bond acceptors (Lipinski definition) is 4. The molecular weight excluding hydrogens is 256 g/mol. The lowest BCUT2D eigenvalue weighted by Crippen LogP contribution is -2.29. The maximum atomic E-state index is 11.0. The number of carboxylic acids is 1. The Kier molecular flexibility index (Phi) is 5.35. The third-order valence-electron chi connectivity index (χ3n) is 3.78. The number of aromatic nitrogens is 1. The molecule has 5 nitrogen and oxygen atoms in total. The fourth-order valence-corrected chi connectivity index (χ4v) is 2.68. The van der Waals surface area contributed by atoms with Crippen molar-refractivity contribution in [1.29, 1.82) is 0 Å². The molecule has 2 rings (SSSR count). The summed E-state index contributed by atoms with van der Waals surface area (Å²) in [5.74, 6) is 0.388. The molecule has 2 heterocycles. The van der Waals surface area contributed by atoms with Crippen LogP contribution in [0.3, 0.4) is 0 Å². The van der Waals surface area contributed by atoms with Crippen LogP contribution in [0.1, 0.15) is 36.2 Å². The number of anilines is 1. The van der Waals surface area contributed by atoms with Gasteiger partial charge in [0.15, 0.2) is 5.69 Å². The van der Waals surface area contributed by atoms with Crippen LogP contribution < -0.4 is 4.90 Å². The lowest BCUT2D eigenvalue weighted by atomic mass is 10.00. The van der Waals surface area contributed by atoms with Gasteiger partial charge in [0.1, 0.15) is 5.82 Å². The number of pyridine rings is 1. The lowest BCUT2D eigenvalue weighted by Gasteiger charge is -2.25. The molecular formula is C15H22N2O3. The van der Waals surface area contributed by atoms with Crippen molar-refractivity contribution in [2.75, 3.05) is 31.7 Å². The quantitative estimate of drug-likeness (QED) is 0.896. The zero-order valence-corrected chi connectivity index (χ0v) is 11.9. The molecule has 5 heteroatoms. The molecule has 0 aliphatic carbocycles. The smallest absolute Gasteiger partial charge is 0.354 e. The zero-order valence-electron chi connectivity index (χ0n) is 11.9. The average Bonchev–Trinajstić information content (AvgIpc) is 2.71. The third-order valence-corrected chi connectivity index (χ3v) is 3.78. The van der Waals surface area contributed by atoms with E-state index in [0.29, 0.717) is 5.92 Å². The molecule has 1 fully saturated rings. The van der Waals surface area contributed by atoms with Crippen molar-refractivity contribution in [2.24, 2.45) is 5.92 Å². The molecule has 0 bridgehead atoms. The van der Waals surface area contributed by atoms with Gasteiger partial charge in [-0.3, -0.25) is 0 Å². The van der Waals surface area contributed by atoms with Gasteiger partial charge in [-0.15, -0.1) is 0 Å². The summed E-state index contributed by atoms with van der Waals surface area (Å²) >= 11 is 0. The van der Waals surface area contributed by atoms with Crippen LogP contribution >= 0.6 is 0 Å². The first-order chi connectivity index (χ1) is 9.70. The molecule has 0 amide bonds. The van der Waals surface area contributed by atoms with E-state index in [1.165, 1.54) is 18.9 Å². The molecule has 0 aromatic carbocycles. The Bertz CT molecular complexity index is 450. The van der Waals surface area contributed by atoms with E-state index in [1.807, 2.05) is 6.07 Å². The van der Waals surface area contributed by atoms with Crippen LogP contribution in [0.25, 0.3) is 0 Å². The predicted octanol–water partition coefficient (Wildman–Crippen LogP) is 2.42. The van der Waals surface area contributed by atoms with Crippen LogP contribution in [0.5, 0.6) is 0 Å². The highest BCUT2D eigenvalue weighted by Gasteiger charge is 2.19. The Morgan fingerprint density at radius 2 is 2.35 bits per heavy atom. The summed E-state index contributed by atoms with van der Waals surface area (Å²) in [5.41, 5.74) is 0.111. The SMILES string of the molecule is COCCC1CCCCN(c2cccc(C(=O)O)n2)C1. The Balaban J connectivity index is 2.09. The van der Waals surface area contributed by atoms with E-state index in [9.17, 15) is 4.79 Å². The topological polar surface area (TPSA) is 62.7 Å². The van der Waals surface area contributed by atoms with E-state index < -0.39 is 5.97 Å². The summed E-state index contributed by atoms with van der Waals surface area (Å²) in [5, 5.41) is 9.03. The van der Waals surface area contributed by atoms with Crippen molar-refractivity contribution in [3.8, 4) is 0 Å². The second-order valence-electron chi connectivity index (χ2n) is 5.28. The Labute approximate surface area is 119 Å². The number of methoxy groups -OCH3 is 1. The van der Waals surface area contributed by atoms with Gasteiger partial charge in [0.25, 0.3) is 0 Å². The van der Waals surface area contributed by atoms with E-state index in [4.69, 9.17) is 9.84 Å². The highest BCUT2D eigenvalue weighted by atomic mass is 16.5. The van der Waals surface area contributed by atoms with Gasteiger partial charge >= 0.3 is 5.97 Å². The maximum Gasteiger partial charge on any atom is 0.354 e. The summed E-state index contributed by atoms with van der Waals surface area (Å²) in [6.45, 7) is 2.65. The van der Waals surface area contributed by atoms with E-state index >= 15 is 0 Å². The molecule has 0 saturated carbocycles. The fraction of sp³-hybridized carbons (Fsp3) is 0.600. The van der Waals surface area contributed by atoms with Crippen LogP contribution in [-0.4, -0.2) is 42.9 Å². The van der Waals surface area contributed by atoms with E-state index in [1.54, 1.807) is 13.2 Å². The summed E-state index contributed by atoms with van der Waals surface area (Å²) in [4.78, 5) is 17.5. The predicted molar refractivity (Wildman–Crippen MR) is 77.2 cm³/mol. The molecule has 1 aromatic heterocycles. The number of carboxylic acid groups (broad SMARTS) is 1. The highest BCUT2D eigenvalue weighted by molar-refractivity contribution is 5.85. The van der Waals surface area contributed by atoms with Crippen LogP contribution in [-0.2, 0) is 4.74 Å². The van der Waals surface area contributed by atoms with Crippen molar-refractivity contribution in [3.63, 3.8) is 0 Å². The molecule has 1 aliphatic rings. The second-order valence-corrected chi connectivity index (χ2v) is 5.28. The number of ether oxygens (including phenoxy) is 1. The van der Waals surface area contributed by atoms with Gasteiger partial charge in [0, 0.05) is 26.8 Å². The van der Waals surface area contributed by atoms with Gasteiger partial charge in [-0.05, 0) is 37.3 Å². The largest absolute Gasteiger partial charge is 0.477 e. The minimum Gasteiger partial charge on any atom is -0.477 e. The molecule has 1 aromatic rings. The zero-order chi connectivity index (χ0) is 14.4. The Morgan fingerprint density at radius 1 is 1.50 bits per heavy atom. The van der Waals surface area contributed by atoms with E-state index in [0.717, 1.165) is 38.4 Å². The average molecular weight is 278 g/mol. The molecule has 1 unspecified atom stereocenters. The van der Waals surface area contributed by atoms with Crippen LogP contribution in [0.15, 0.2) is 18.2 Å². The van der Waals surface area contributed by atoms with Crippen molar-refractivity contribution >= 4 is 11.8 Å². The highest BCUT2D eigenvalue weighted by Crippen LogP contribution is 2.23. The third kappa shape index (κ3) is 3.93. The molecule has 20 heavy (non-hydrogen) atoms. The fourth-order valence-electron chi connectivity index (χ4n) is 2.68. The first kappa shape index (κ1) is 14.8. The first-order valence-corrected chi connectivity index (χ1v) is 7.15. The van der Waals surface area contributed by atoms with Gasteiger partial charge in [0.05, 0.1) is 0 Å². The molecule has 0 spiro atoms. The normalized spacial score (nSPS) is 19.6. The first-order valence-electron chi connectivity index (χ1n) is 7.15. The Hall–Kier alpha value is -1.62. The van der Waals surface area contributed by atoms with Crippen LogP contribution in [0, 0.1) is 5.92 Å². The summed E-state index contributed by atoms with van der Waals surface area (Å²) in [6.07, 6.45) is 4.59. The van der Waals surface area contributed by atoms with Crippen molar-refractivity contribution in [3.05, 3.63) is 23.9 Å². The van der Waals surface area contributed by atoms with E-state index in [2.05, 4.69) is 9.88 Å². The molecule has 1 N–H and O–H groups in total. The van der Waals surface area contributed by atoms with Gasteiger partial charge < -0.3 is 14.7 Å². The monoisotopic (exact) mass is 278 g/mol. The van der Waals surface area contributed by atoms with Crippen LogP contribution in [0.2, 0.25) is 0 Å². The summed E-state index contributed by atoms with van der Waals surface area (Å²) < 4.78 is 5.17. The van der Waals surface area contributed by atoms with Gasteiger partial charge in [-0.1, -0.05) is 12.5 Å². The summed E-state index contributed by atoms with van der Waals surface area (Å²) in [7, 11) is 1.73. The van der Waals surface area contributed by atoms with Gasteiger partial charge in [0.2, 0.25) is 0 Å². The number of aromatic carboxylic acids is 1. The minimum atomic E-state index is -0.974. The minimum absolute atomic E-state index is 0.111. The number of hydrogen-bond donors (Lipinski definition) is 1. The molecule has 1 saturated heterocycles. The van der Waals surface area contributed by atoms with Gasteiger partial charge in [-0.25, -0.2) is 9.78 Å². The van der Waals surface area contributed by atoms with Crippen molar-refractivity contribution < 1.29 is 14.6 Å². The van der Waals surface area contributed by atoms with Crippen molar-refractivity contribution in [2.45, 2.75) is 25.7 Å². The van der Waals surface area contributed by atoms with Crippen LogP contribution in [0.4, 0.5) is 5.82 Å². The standard InChI is InChI=1S/C15H22N2O3/c1-20-10-8-12-5-2-3-9-17(11-12)14-7-4-6-13(16-14)15(18)19/h4,6-7,12H,2-3,5,8-11H2,1H3,(H,18,19). The number of carbonyl (C=O) groups is 1. The molecule has 110 valence electrons. The second kappa shape index (κ2) is 7.24. The van der Waals surface area contributed by atoms with E-state index in [-0.39, 0.29) is 5.69 Å². The van der Waals surface area contributed by atoms with Crippen molar-refractivity contribution in [1.82, 2.24) is 4.98 Å². The number of nitrogens with zero attached hydrogens (tertiary/aromatic N) is 2. The van der Waals surface area contributed by atoms with Gasteiger partial charge in [-0.2, -0.15) is 0 Å². The number of rotatable bonds is 5.